The van der Waals surface area contributed by atoms with Gasteiger partial charge in [0.1, 0.15) is 6.61 Å². The molecule has 2 aromatic carbocycles. The number of amides is 2. The molecule has 0 unspecified atom stereocenters. The normalized spacial score (nSPS) is 18.4. The molecule has 0 aromatic heterocycles. The molecule has 1 saturated heterocycles. The highest BCUT2D eigenvalue weighted by atomic mass is 32.2. The first-order valence-electron chi connectivity index (χ1n) is 11.3. The highest BCUT2D eigenvalue weighted by Gasteiger charge is 2.36. The minimum absolute atomic E-state index is 0.167. The van der Waals surface area contributed by atoms with Crippen LogP contribution in [0.4, 0.5) is 4.79 Å². The summed E-state index contributed by atoms with van der Waals surface area (Å²) in [5.41, 5.74) is 1.88. The largest absolute Gasteiger partial charge is 0.490 e. The lowest BCUT2D eigenvalue weighted by Gasteiger charge is -2.25. The number of hydrogen-bond acceptors (Lipinski definition) is 5. The van der Waals surface area contributed by atoms with E-state index in [0.717, 1.165) is 35.7 Å². The number of carbonyl (C=O) groups excluding carboxylic acids is 2. The minimum Gasteiger partial charge on any atom is -0.490 e. The van der Waals surface area contributed by atoms with E-state index in [4.69, 9.17) is 9.47 Å². The van der Waals surface area contributed by atoms with Crippen molar-refractivity contribution >= 4 is 29.0 Å². The number of thioether (sulfide) groups is 1. The van der Waals surface area contributed by atoms with Crippen LogP contribution in [0.2, 0.25) is 0 Å². The van der Waals surface area contributed by atoms with Gasteiger partial charge >= 0.3 is 0 Å². The van der Waals surface area contributed by atoms with Crippen LogP contribution in [0.1, 0.15) is 50.2 Å². The van der Waals surface area contributed by atoms with E-state index in [-0.39, 0.29) is 11.1 Å². The fraction of sp³-hybridized carbons (Fsp3) is 0.385. The van der Waals surface area contributed by atoms with Gasteiger partial charge in [0.05, 0.1) is 11.5 Å². The topological polar surface area (TPSA) is 55.8 Å². The smallest absolute Gasteiger partial charge is 0.293 e. The average Bonchev–Trinajstić information content (AvgIpc) is 3.07. The van der Waals surface area contributed by atoms with Crippen molar-refractivity contribution in [1.82, 2.24) is 4.90 Å². The van der Waals surface area contributed by atoms with Crippen LogP contribution in [0.3, 0.4) is 0 Å². The molecular formula is C26H29NO4S. The highest BCUT2D eigenvalue weighted by Crippen LogP contribution is 2.36. The molecule has 2 aliphatic rings. The predicted octanol–water partition coefficient (Wildman–Crippen LogP) is 6.28. The molecule has 4 rings (SSSR count). The third kappa shape index (κ3) is 5.54. The molecule has 0 radical (unpaired) electrons. The van der Waals surface area contributed by atoms with Gasteiger partial charge in [-0.2, -0.15) is 0 Å². The standard InChI is InChI=1S/C26H29NO4S/c1-2-30-23-15-21(13-14-22(23)31-18-20-11-7-4-8-12-20)16-24-25(28)27(26(29)32-24)17-19-9-5-3-6-10-19/h4,7-8,11-16,19H,2-3,5-6,9-10,17-18H2,1H3/b24-16+. The molecule has 0 spiro atoms. The minimum atomic E-state index is -0.187. The van der Waals surface area contributed by atoms with Crippen molar-refractivity contribution in [3.05, 3.63) is 64.6 Å². The molecule has 2 amide bonds. The molecule has 2 fully saturated rings. The predicted molar refractivity (Wildman–Crippen MR) is 128 cm³/mol. The van der Waals surface area contributed by atoms with Gasteiger partial charge in [0.2, 0.25) is 0 Å². The Hall–Kier alpha value is -2.73. The number of benzene rings is 2. The monoisotopic (exact) mass is 451 g/mol. The summed E-state index contributed by atoms with van der Waals surface area (Å²) in [7, 11) is 0. The molecule has 32 heavy (non-hydrogen) atoms. The van der Waals surface area contributed by atoms with Crippen LogP contribution in [-0.2, 0) is 11.4 Å². The Balaban J connectivity index is 1.47. The molecule has 1 heterocycles. The molecule has 1 aliphatic carbocycles. The SMILES string of the molecule is CCOc1cc(/C=C2/SC(=O)N(CC3CCCCC3)C2=O)ccc1OCc1ccccc1. The zero-order chi connectivity index (χ0) is 22.3. The summed E-state index contributed by atoms with van der Waals surface area (Å²) in [6, 6.07) is 15.6. The van der Waals surface area contributed by atoms with Crippen LogP contribution in [0.5, 0.6) is 11.5 Å². The quantitative estimate of drug-likeness (QED) is 0.442. The van der Waals surface area contributed by atoms with Gasteiger partial charge in [0.25, 0.3) is 11.1 Å². The zero-order valence-corrected chi connectivity index (χ0v) is 19.2. The fourth-order valence-electron chi connectivity index (χ4n) is 4.17. The van der Waals surface area contributed by atoms with Gasteiger partial charge < -0.3 is 9.47 Å². The highest BCUT2D eigenvalue weighted by molar-refractivity contribution is 8.18. The van der Waals surface area contributed by atoms with Crippen molar-refractivity contribution < 1.29 is 19.1 Å². The van der Waals surface area contributed by atoms with Crippen molar-refractivity contribution in [2.24, 2.45) is 5.92 Å². The van der Waals surface area contributed by atoms with Crippen LogP contribution < -0.4 is 9.47 Å². The molecule has 1 aliphatic heterocycles. The van der Waals surface area contributed by atoms with E-state index < -0.39 is 0 Å². The van der Waals surface area contributed by atoms with E-state index >= 15 is 0 Å². The first-order chi connectivity index (χ1) is 15.6. The lowest BCUT2D eigenvalue weighted by molar-refractivity contribution is -0.123. The number of hydrogen-bond donors (Lipinski definition) is 0. The molecular weight excluding hydrogens is 422 g/mol. The summed E-state index contributed by atoms with van der Waals surface area (Å²) in [5.74, 6) is 1.52. The number of rotatable bonds is 8. The van der Waals surface area contributed by atoms with E-state index in [1.807, 2.05) is 55.5 Å². The summed E-state index contributed by atoms with van der Waals surface area (Å²) in [6.07, 6.45) is 7.61. The maximum Gasteiger partial charge on any atom is 0.293 e. The van der Waals surface area contributed by atoms with Crippen molar-refractivity contribution in [3.8, 4) is 11.5 Å². The van der Waals surface area contributed by atoms with E-state index in [9.17, 15) is 9.59 Å². The Bertz CT molecular complexity index is 983. The third-order valence-electron chi connectivity index (χ3n) is 5.84. The van der Waals surface area contributed by atoms with Crippen molar-refractivity contribution in [1.29, 1.82) is 0 Å². The Morgan fingerprint density at radius 1 is 1.00 bits per heavy atom. The summed E-state index contributed by atoms with van der Waals surface area (Å²) < 4.78 is 11.7. The fourth-order valence-corrected chi connectivity index (χ4v) is 5.02. The molecule has 2 aromatic rings. The van der Waals surface area contributed by atoms with Gasteiger partial charge in [-0.05, 0) is 66.8 Å². The molecule has 6 heteroatoms. The van der Waals surface area contributed by atoms with Crippen LogP contribution in [0.15, 0.2) is 53.4 Å². The van der Waals surface area contributed by atoms with Gasteiger partial charge in [-0.25, -0.2) is 0 Å². The first-order valence-corrected chi connectivity index (χ1v) is 12.1. The Morgan fingerprint density at radius 2 is 1.78 bits per heavy atom. The summed E-state index contributed by atoms with van der Waals surface area (Å²) >= 11 is 1.02. The second kappa shape index (κ2) is 10.7. The lowest BCUT2D eigenvalue weighted by atomic mass is 9.89. The number of ether oxygens (including phenoxy) is 2. The average molecular weight is 452 g/mol. The molecule has 1 saturated carbocycles. The zero-order valence-electron chi connectivity index (χ0n) is 18.4. The molecule has 168 valence electrons. The molecule has 5 nitrogen and oxygen atoms in total. The van der Waals surface area contributed by atoms with Crippen molar-refractivity contribution in [2.45, 2.75) is 45.6 Å². The van der Waals surface area contributed by atoms with E-state index in [1.54, 1.807) is 6.08 Å². The first kappa shape index (κ1) is 22.5. The van der Waals surface area contributed by atoms with Gasteiger partial charge in [0.15, 0.2) is 11.5 Å². The lowest BCUT2D eigenvalue weighted by Crippen LogP contribution is -2.34. The Morgan fingerprint density at radius 3 is 2.53 bits per heavy atom. The van der Waals surface area contributed by atoms with E-state index in [1.165, 1.54) is 24.2 Å². The van der Waals surface area contributed by atoms with Gasteiger partial charge in [-0.15, -0.1) is 0 Å². The van der Waals surface area contributed by atoms with Crippen molar-refractivity contribution in [3.63, 3.8) is 0 Å². The number of nitrogens with zero attached hydrogens (tertiary/aromatic N) is 1. The molecule has 0 atom stereocenters. The summed E-state index contributed by atoms with van der Waals surface area (Å²) in [6.45, 7) is 3.41. The maximum atomic E-state index is 12.9. The van der Waals surface area contributed by atoms with Crippen LogP contribution in [0, 0.1) is 5.92 Å². The van der Waals surface area contributed by atoms with Gasteiger partial charge in [0, 0.05) is 6.54 Å². The van der Waals surface area contributed by atoms with Gasteiger partial charge in [-0.3, -0.25) is 14.5 Å². The summed E-state index contributed by atoms with van der Waals surface area (Å²) in [5, 5.41) is -0.167. The third-order valence-corrected chi connectivity index (χ3v) is 6.75. The van der Waals surface area contributed by atoms with Crippen LogP contribution in [-0.4, -0.2) is 29.2 Å². The Kier molecular flexibility index (Phi) is 7.53. The van der Waals surface area contributed by atoms with E-state index in [2.05, 4.69) is 0 Å². The van der Waals surface area contributed by atoms with E-state index in [0.29, 0.717) is 42.1 Å². The van der Waals surface area contributed by atoms with Gasteiger partial charge in [-0.1, -0.05) is 55.7 Å². The second-order valence-corrected chi connectivity index (χ2v) is 9.20. The van der Waals surface area contributed by atoms with Crippen LogP contribution >= 0.6 is 11.8 Å². The van der Waals surface area contributed by atoms with Crippen LogP contribution in [0.25, 0.3) is 6.08 Å². The number of carbonyl (C=O) groups is 2. The Labute approximate surface area is 193 Å². The number of imide groups is 1. The maximum absolute atomic E-state index is 12.9. The summed E-state index contributed by atoms with van der Waals surface area (Å²) in [4.78, 5) is 27.3. The molecule has 0 N–H and O–H groups in total. The van der Waals surface area contributed by atoms with Crippen molar-refractivity contribution in [2.75, 3.05) is 13.2 Å². The molecule has 0 bridgehead atoms. The second-order valence-electron chi connectivity index (χ2n) is 8.21.